The van der Waals surface area contributed by atoms with Crippen LogP contribution in [-0.4, -0.2) is 95.5 Å². The summed E-state index contributed by atoms with van der Waals surface area (Å²) in [4.78, 5) is 46.3. The van der Waals surface area contributed by atoms with Gasteiger partial charge in [0.15, 0.2) is 11.6 Å². The van der Waals surface area contributed by atoms with Crippen molar-refractivity contribution in [2.45, 2.75) is 39.7 Å². The van der Waals surface area contributed by atoms with E-state index in [2.05, 4.69) is 15.0 Å². The van der Waals surface area contributed by atoms with Gasteiger partial charge in [0.05, 0.1) is 34.8 Å². The van der Waals surface area contributed by atoms with Crippen LogP contribution in [0.25, 0.3) is 5.57 Å². The molecule has 5 N–H and O–H groups in total. The smallest absolute Gasteiger partial charge is 0.237 e. The molecule has 4 heterocycles. The maximum absolute atomic E-state index is 14.7. The topological polar surface area (TPSA) is 167 Å². The number of pyridine rings is 1. The maximum atomic E-state index is 14.7. The largest absolute Gasteiger partial charge is 0.488 e. The normalized spacial score (nSPS) is 17.0. The third-order valence-electron chi connectivity index (χ3n) is 8.41. The van der Waals surface area contributed by atoms with Crippen LogP contribution in [0.4, 0.5) is 15.9 Å². The second-order valence-electron chi connectivity index (χ2n) is 12.1. The van der Waals surface area contributed by atoms with Crippen molar-refractivity contribution < 1.29 is 18.7 Å². The molecule has 12 nitrogen and oxygen atoms in total. The van der Waals surface area contributed by atoms with Crippen LogP contribution in [-0.2, 0) is 9.59 Å². The lowest BCUT2D eigenvalue weighted by molar-refractivity contribution is -0.132. The molecule has 0 aliphatic carbocycles. The van der Waals surface area contributed by atoms with E-state index in [0.29, 0.717) is 57.2 Å². The number of nitrogens with zero attached hydrogens (tertiary/aromatic N) is 6. The zero-order valence-corrected chi connectivity index (χ0v) is 28.5. The van der Waals surface area contributed by atoms with E-state index in [9.17, 15) is 14.0 Å². The molecular formula is C34H42FN9O3S. The Kier molecular flexibility index (Phi) is 10.8. The lowest BCUT2D eigenvalue weighted by atomic mass is 10.0. The SMILES string of the molecule is CCN(C(=O)[C@@H]1CCN(CC(=O)N2CC=C(c3ncc(C(N)=NC)s3)CC2)C1)c1ccc(N)c(C(=N)c2ccc(OC(C)C)c(F)c2)n1. The van der Waals surface area contributed by atoms with E-state index in [4.69, 9.17) is 21.6 Å². The molecule has 1 fully saturated rings. The van der Waals surface area contributed by atoms with Gasteiger partial charge in [-0.3, -0.25) is 29.8 Å². The van der Waals surface area contributed by atoms with Gasteiger partial charge in [-0.05, 0) is 76.1 Å². The van der Waals surface area contributed by atoms with Crippen LogP contribution >= 0.6 is 11.3 Å². The van der Waals surface area contributed by atoms with E-state index in [1.54, 1.807) is 50.2 Å². The number of carbonyl (C=O) groups excluding carboxylic acids is 2. The number of aromatic nitrogens is 2. The van der Waals surface area contributed by atoms with E-state index in [1.165, 1.54) is 23.5 Å². The van der Waals surface area contributed by atoms with Gasteiger partial charge < -0.3 is 21.1 Å². The molecule has 1 saturated heterocycles. The second kappa shape index (κ2) is 15.0. The highest BCUT2D eigenvalue weighted by atomic mass is 32.1. The summed E-state index contributed by atoms with van der Waals surface area (Å²) in [6.45, 7) is 8.25. The van der Waals surface area contributed by atoms with Crippen LogP contribution in [0.5, 0.6) is 5.75 Å². The molecule has 2 amide bonds. The number of amidine groups is 1. The first-order chi connectivity index (χ1) is 23.0. The molecule has 2 aromatic heterocycles. The maximum Gasteiger partial charge on any atom is 0.237 e. The fraction of sp³-hybridized carbons (Fsp3) is 0.412. The molecule has 1 atom stereocenters. The minimum Gasteiger partial charge on any atom is -0.488 e. The Labute approximate surface area is 283 Å². The Bertz CT molecular complexity index is 1750. The summed E-state index contributed by atoms with van der Waals surface area (Å²) in [5.41, 5.74) is 13.8. The Morgan fingerprint density at radius 2 is 2.04 bits per heavy atom. The summed E-state index contributed by atoms with van der Waals surface area (Å²) in [6.07, 6.45) is 4.89. The van der Waals surface area contributed by atoms with Gasteiger partial charge in [0.2, 0.25) is 11.8 Å². The van der Waals surface area contributed by atoms with Crippen molar-refractivity contribution in [3.8, 4) is 5.75 Å². The van der Waals surface area contributed by atoms with Crippen molar-refractivity contribution in [1.29, 1.82) is 5.41 Å². The number of benzene rings is 1. The third-order valence-corrected chi connectivity index (χ3v) is 9.50. The summed E-state index contributed by atoms with van der Waals surface area (Å²) in [5, 5.41) is 9.63. The average molecular weight is 676 g/mol. The first-order valence-corrected chi connectivity index (χ1v) is 16.8. The predicted molar refractivity (Wildman–Crippen MR) is 187 cm³/mol. The Morgan fingerprint density at radius 1 is 1.25 bits per heavy atom. The first kappa shape index (κ1) is 34.6. The number of amides is 2. The van der Waals surface area contributed by atoms with Gasteiger partial charge in [0.1, 0.15) is 22.4 Å². The molecule has 0 bridgehead atoms. The predicted octanol–water partition coefficient (Wildman–Crippen LogP) is 3.79. The molecule has 0 saturated carbocycles. The van der Waals surface area contributed by atoms with Crippen molar-refractivity contribution in [2.75, 3.05) is 56.9 Å². The van der Waals surface area contributed by atoms with Crippen molar-refractivity contribution in [2.24, 2.45) is 16.6 Å². The summed E-state index contributed by atoms with van der Waals surface area (Å²) in [6, 6.07) is 7.55. The van der Waals surface area contributed by atoms with Crippen LogP contribution in [0.3, 0.4) is 0 Å². The molecular weight excluding hydrogens is 633 g/mol. The van der Waals surface area contributed by atoms with Gasteiger partial charge in [-0.25, -0.2) is 14.4 Å². The zero-order valence-electron chi connectivity index (χ0n) is 27.7. The number of nitrogen functional groups attached to an aromatic ring is 1. The summed E-state index contributed by atoms with van der Waals surface area (Å²) in [7, 11) is 1.65. The molecule has 48 heavy (non-hydrogen) atoms. The van der Waals surface area contributed by atoms with Crippen LogP contribution in [0.15, 0.2) is 47.6 Å². The summed E-state index contributed by atoms with van der Waals surface area (Å²) >= 11 is 1.50. The highest BCUT2D eigenvalue weighted by Crippen LogP contribution is 2.28. The fourth-order valence-corrected chi connectivity index (χ4v) is 6.75. The van der Waals surface area contributed by atoms with Crippen LogP contribution < -0.4 is 21.1 Å². The Hall–Kier alpha value is -4.69. The number of nitrogens with two attached hydrogens (primary N) is 2. The number of carbonyl (C=O) groups is 2. The number of aliphatic imine (C=N–C) groups is 1. The minimum atomic E-state index is -0.588. The first-order valence-electron chi connectivity index (χ1n) is 16.0. The monoisotopic (exact) mass is 675 g/mol. The lowest BCUT2D eigenvalue weighted by Crippen LogP contribution is -2.42. The molecule has 2 aliphatic rings. The van der Waals surface area contributed by atoms with E-state index in [1.807, 2.05) is 22.8 Å². The zero-order chi connectivity index (χ0) is 34.5. The number of likely N-dealkylation sites (tertiary alicyclic amines) is 1. The van der Waals surface area contributed by atoms with Gasteiger partial charge in [-0.15, -0.1) is 11.3 Å². The van der Waals surface area contributed by atoms with Crippen molar-refractivity contribution in [3.05, 3.63) is 69.6 Å². The number of hydrogen-bond acceptors (Lipinski definition) is 10. The minimum absolute atomic E-state index is 0.0246. The number of rotatable bonds is 11. The van der Waals surface area contributed by atoms with Gasteiger partial charge >= 0.3 is 0 Å². The van der Waals surface area contributed by atoms with E-state index < -0.39 is 5.82 Å². The third kappa shape index (κ3) is 7.71. The van der Waals surface area contributed by atoms with Gasteiger partial charge in [-0.2, -0.15) is 0 Å². The van der Waals surface area contributed by atoms with Crippen molar-refractivity contribution in [3.63, 3.8) is 0 Å². The second-order valence-corrected chi connectivity index (χ2v) is 13.1. The number of halogens is 1. The summed E-state index contributed by atoms with van der Waals surface area (Å²) < 4.78 is 20.2. The quantitative estimate of drug-likeness (QED) is 0.204. The number of anilines is 2. The molecule has 5 rings (SSSR count). The van der Waals surface area contributed by atoms with Gasteiger partial charge in [0.25, 0.3) is 0 Å². The molecule has 3 aromatic rings. The molecule has 254 valence electrons. The van der Waals surface area contributed by atoms with E-state index in [-0.39, 0.29) is 58.8 Å². The fourth-order valence-electron chi connectivity index (χ4n) is 5.81. The standard InChI is InChI=1S/C34H42FN9O3S/c1-5-44(28-9-7-25(36)31(41-28)30(37)22-6-8-26(24(35)16-22)47-20(2)3)34(46)23-10-13-42(18-23)19-29(45)43-14-11-21(12-15-43)33-40-17-27(48-33)32(38)39-4/h6-9,11,16-17,20,23,37H,5,10,12-15,18-19,36H2,1-4H3,(H2,38,39)/t23-/m1/s1. The van der Waals surface area contributed by atoms with E-state index in [0.717, 1.165) is 15.5 Å². The molecule has 1 aromatic carbocycles. The molecule has 0 unspecified atom stereocenters. The van der Waals surface area contributed by atoms with Crippen LogP contribution in [0.2, 0.25) is 0 Å². The molecule has 0 spiro atoms. The van der Waals surface area contributed by atoms with Gasteiger partial charge in [0, 0.05) is 45.0 Å². The summed E-state index contributed by atoms with van der Waals surface area (Å²) in [5.74, 6) is -0.0627. The van der Waals surface area contributed by atoms with Gasteiger partial charge in [-0.1, -0.05) is 6.08 Å². The Morgan fingerprint density at radius 3 is 2.71 bits per heavy atom. The number of ether oxygens (including phenoxy) is 1. The molecule has 2 aliphatic heterocycles. The highest BCUT2D eigenvalue weighted by Gasteiger charge is 2.34. The highest BCUT2D eigenvalue weighted by molar-refractivity contribution is 7.14. The van der Waals surface area contributed by atoms with Crippen molar-refractivity contribution in [1.82, 2.24) is 19.8 Å². The van der Waals surface area contributed by atoms with Crippen LogP contribution in [0.1, 0.15) is 54.8 Å². The average Bonchev–Trinajstić information content (AvgIpc) is 3.76. The Balaban J connectivity index is 1.19. The van der Waals surface area contributed by atoms with E-state index >= 15 is 0 Å². The number of hydrogen-bond donors (Lipinski definition) is 3. The lowest BCUT2D eigenvalue weighted by Gasteiger charge is -2.28. The molecule has 14 heteroatoms. The number of thiazole rings is 1. The molecule has 0 radical (unpaired) electrons. The van der Waals surface area contributed by atoms with Crippen molar-refractivity contribution >= 4 is 51.8 Å². The van der Waals surface area contributed by atoms with Crippen LogP contribution in [0, 0.1) is 17.1 Å². The number of nitrogens with one attached hydrogen (secondary N) is 1.